The Morgan fingerprint density at radius 3 is 2.78 bits per heavy atom. The third-order valence-corrected chi connectivity index (χ3v) is 2.26. The normalized spacial score (nSPS) is 16.7. The number of hydrogen-bond donors (Lipinski definition) is 1. The Bertz CT molecular complexity index is 112. The molecule has 0 aromatic rings. The van der Waals surface area contributed by atoms with Gasteiger partial charge in [0.05, 0.1) is 0 Å². The lowest BCUT2D eigenvalue weighted by molar-refractivity contribution is 0.678. The van der Waals surface area contributed by atoms with Crippen molar-refractivity contribution < 1.29 is 4.21 Å². The fraction of sp³-hybridized carbons (Fsp3) is 0.667. The maximum absolute atomic E-state index is 10.8. The van der Waals surface area contributed by atoms with Crippen molar-refractivity contribution in [2.75, 3.05) is 11.5 Å². The van der Waals surface area contributed by atoms with E-state index in [2.05, 4.69) is 6.58 Å². The van der Waals surface area contributed by atoms with Crippen LogP contribution in [-0.4, -0.2) is 21.8 Å². The van der Waals surface area contributed by atoms with E-state index in [1.54, 1.807) is 6.08 Å². The van der Waals surface area contributed by atoms with Crippen molar-refractivity contribution in [1.82, 2.24) is 0 Å². The lowest BCUT2D eigenvalue weighted by Gasteiger charge is -2.00. The van der Waals surface area contributed by atoms with Crippen LogP contribution in [0, 0.1) is 0 Å². The van der Waals surface area contributed by atoms with Crippen LogP contribution in [0.2, 0.25) is 0 Å². The molecule has 0 saturated heterocycles. The monoisotopic (exact) mass is 147 g/mol. The standard InChI is InChI=1S/C6H13NOS/c1-3-4-9(8)5-6(2)7/h3,6H,1,4-5,7H2,2H3/t6-,9-/m1/s1. The summed E-state index contributed by atoms with van der Waals surface area (Å²) in [5.74, 6) is 1.13. The molecule has 0 aromatic heterocycles. The average molecular weight is 147 g/mol. The summed E-state index contributed by atoms with van der Waals surface area (Å²) in [5, 5.41) is 0. The summed E-state index contributed by atoms with van der Waals surface area (Å²) in [7, 11) is -0.793. The van der Waals surface area contributed by atoms with Crippen LogP contribution in [0.1, 0.15) is 6.92 Å². The molecule has 2 nitrogen and oxygen atoms in total. The predicted molar refractivity (Wildman–Crippen MR) is 41.7 cm³/mol. The Hall–Kier alpha value is -0.150. The van der Waals surface area contributed by atoms with E-state index in [1.165, 1.54) is 0 Å². The highest BCUT2D eigenvalue weighted by atomic mass is 32.2. The van der Waals surface area contributed by atoms with E-state index in [9.17, 15) is 4.21 Å². The topological polar surface area (TPSA) is 43.1 Å². The second-order valence-corrected chi connectivity index (χ2v) is 3.59. The maximum atomic E-state index is 10.8. The Morgan fingerprint density at radius 1 is 1.89 bits per heavy atom. The molecule has 0 aliphatic rings. The van der Waals surface area contributed by atoms with Gasteiger partial charge in [-0.3, -0.25) is 4.21 Å². The molecule has 0 amide bonds. The number of rotatable bonds is 4. The minimum absolute atomic E-state index is 0.0331. The first-order chi connectivity index (χ1) is 4.16. The summed E-state index contributed by atoms with van der Waals surface area (Å²) in [6.07, 6.45) is 1.65. The molecule has 0 spiro atoms. The van der Waals surface area contributed by atoms with Crippen molar-refractivity contribution in [3.8, 4) is 0 Å². The zero-order chi connectivity index (χ0) is 7.28. The summed E-state index contributed by atoms with van der Waals surface area (Å²) in [6.45, 7) is 5.32. The van der Waals surface area contributed by atoms with E-state index in [0.29, 0.717) is 11.5 Å². The Labute approximate surface area is 58.6 Å². The molecule has 0 fully saturated rings. The van der Waals surface area contributed by atoms with E-state index < -0.39 is 10.8 Å². The number of nitrogens with two attached hydrogens (primary N) is 1. The molecule has 9 heavy (non-hydrogen) atoms. The molecule has 0 bridgehead atoms. The summed E-state index contributed by atoms with van der Waals surface area (Å²) in [5.41, 5.74) is 5.40. The van der Waals surface area contributed by atoms with Gasteiger partial charge < -0.3 is 5.73 Å². The second kappa shape index (κ2) is 4.70. The van der Waals surface area contributed by atoms with Gasteiger partial charge in [-0.05, 0) is 6.92 Å². The van der Waals surface area contributed by atoms with E-state index >= 15 is 0 Å². The summed E-state index contributed by atoms with van der Waals surface area (Å²) < 4.78 is 10.8. The lowest BCUT2D eigenvalue weighted by Crippen LogP contribution is -2.23. The van der Waals surface area contributed by atoms with Gasteiger partial charge in [0.1, 0.15) is 0 Å². The first-order valence-electron chi connectivity index (χ1n) is 2.88. The fourth-order valence-electron chi connectivity index (χ4n) is 0.493. The van der Waals surface area contributed by atoms with Gasteiger partial charge in [-0.15, -0.1) is 6.58 Å². The summed E-state index contributed by atoms with van der Waals surface area (Å²) in [4.78, 5) is 0. The summed E-state index contributed by atoms with van der Waals surface area (Å²) >= 11 is 0. The van der Waals surface area contributed by atoms with Crippen LogP contribution in [0.15, 0.2) is 12.7 Å². The van der Waals surface area contributed by atoms with Crippen molar-refractivity contribution in [2.45, 2.75) is 13.0 Å². The van der Waals surface area contributed by atoms with Crippen LogP contribution in [-0.2, 0) is 10.8 Å². The van der Waals surface area contributed by atoms with Gasteiger partial charge in [-0.2, -0.15) is 0 Å². The highest BCUT2D eigenvalue weighted by molar-refractivity contribution is 7.85. The quantitative estimate of drug-likeness (QED) is 0.580. The smallest absolute Gasteiger partial charge is 0.0413 e. The molecule has 0 radical (unpaired) electrons. The molecule has 54 valence electrons. The van der Waals surface area contributed by atoms with Crippen LogP contribution in [0.5, 0.6) is 0 Å². The van der Waals surface area contributed by atoms with Gasteiger partial charge >= 0.3 is 0 Å². The van der Waals surface area contributed by atoms with Crippen LogP contribution >= 0.6 is 0 Å². The van der Waals surface area contributed by atoms with Crippen molar-refractivity contribution in [3.63, 3.8) is 0 Å². The fourth-order valence-corrected chi connectivity index (χ4v) is 1.48. The Kier molecular flexibility index (Phi) is 4.62. The number of hydrogen-bond acceptors (Lipinski definition) is 2. The Morgan fingerprint density at radius 2 is 2.44 bits per heavy atom. The SMILES string of the molecule is C=CC[S@@](=O)C[C@@H](C)N. The maximum Gasteiger partial charge on any atom is 0.0413 e. The van der Waals surface area contributed by atoms with E-state index in [0.717, 1.165) is 0 Å². The molecule has 0 saturated carbocycles. The molecular formula is C6H13NOS. The van der Waals surface area contributed by atoms with Gasteiger partial charge in [0, 0.05) is 28.3 Å². The van der Waals surface area contributed by atoms with Crippen molar-refractivity contribution in [2.24, 2.45) is 5.73 Å². The largest absolute Gasteiger partial charge is 0.327 e. The zero-order valence-corrected chi connectivity index (χ0v) is 6.49. The zero-order valence-electron chi connectivity index (χ0n) is 5.67. The molecule has 2 N–H and O–H groups in total. The highest BCUT2D eigenvalue weighted by Crippen LogP contribution is 1.85. The van der Waals surface area contributed by atoms with Gasteiger partial charge in [-0.1, -0.05) is 6.08 Å². The van der Waals surface area contributed by atoms with E-state index in [1.807, 2.05) is 6.92 Å². The van der Waals surface area contributed by atoms with Gasteiger partial charge in [0.15, 0.2) is 0 Å². The van der Waals surface area contributed by atoms with Crippen molar-refractivity contribution >= 4 is 10.8 Å². The van der Waals surface area contributed by atoms with Crippen molar-refractivity contribution in [1.29, 1.82) is 0 Å². The van der Waals surface area contributed by atoms with Gasteiger partial charge in [0.2, 0.25) is 0 Å². The van der Waals surface area contributed by atoms with Crippen LogP contribution in [0.3, 0.4) is 0 Å². The second-order valence-electron chi connectivity index (χ2n) is 2.04. The molecule has 0 aromatic carbocycles. The molecule has 0 aliphatic carbocycles. The van der Waals surface area contributed by atoms with Crippen LogP contribution in [0.25, 0.3) is 0 Å². The molecule has 2 atom stereocenters. The van der Waals surface area contributed by atoms with Gasteiger partial charge in [-0.25, -0.2) is 0 Å². The highest BCUT2D eigenvalue weighted by Gasteiger charge is 1.99. The minimum Gasteiger partial charge on any atom is -0.327 e. The third kappa shape index (κ3) is 5.73. The minimum atomic E-state index is -0.793. The summed E-state index contributed by atoms with van der Waals surface area (Å²) in [6, 6.07) is 0.0331. The van der Waals surface area contributed by atoms with Crippen LogP contribution < -0.4 is 5.73 Å². The molecule has 0 unspecified atom stereocenters. The molecule has 0 heterocycles. The first kappa shape index (κ1) is 8.85. The Balaban J connectivity index is 3.38. The molecule has 0 rings (SSSR count). The third-order valence-electron chi connectivity index (χ3n) is 0.753. The molecule has 0 aliphatic heterocycles. The first-order valence-corrected chi connectivity index (χ1v) is 4.37. The molecular weight excluding hydrogens is 134 g/mol. The van der Waals surface area contributed by atoms with E-state index in [-0.39, 0.29) is 6.04 Å². The molecule has 3 heteroatoms. The van der Waals surface area contributed by atoms with Crippen LogP contribution in [0.4, 0.5) is 0 Å². The predicted octanol–water partition coefficient (Wildman–Crippen LogP) is 0.268. The van der Waals surface area contributed by atoms with E-state index in [4.69, 9.17) is 5.73 Å². The lowest BCUT2D eigenvalue weighted by atomic mass is 10.4. The average Bonchev–Trinajstić information content (AvgIpc) is 1.63. The van der Waals surface area contributed by atoms with Gasteiger partial charge in [0.25, 0.3) is 0 Å². The van der Waals surface area contributed by atoms with Crippen molar-refractivity contribution in [3.05, 3.63) is 12.7 Å².